The molecule has 3 rings (SSSR count). The third-order valence-corrected chi connectivity index (χ3v) is 5.43. The number of fused-ring (bicyclic) bond motifs is 1. The Morgan fingerprint density at radius 3 is 1.90 bits per heavy atom. The van der Waals surface area contributed by atoms with Crippen molar-refractivity contribution in [1.29, 1.82) is 0 Å². The van der Waals surface area contributed by atoms with Gasteiger partial charge in [0.2, 0.25) is 0 Å². The second kappa shape index (κ2) is 9.71. The molecule has 0 fully saturated rings. The lowest BCUT2D eigenvalue weighted by molar-refractivity contribution is 0.0790. The van der Waals surface area contributed by atoms with Crippen LogP contribution in [0, 0.1) is 0 Å². The highest BCUT2D eigenvalue weighted by atomic mass is 35.5. The number of carbonyl (C=O) groups excluding carboxylic acids is 2. The lowest BCUT2D eigenvalue weighted by Gasteiger charge is -2.29. The van der Waals surface area contributed by atoms with Crippen molar-refractivity contribution in [2.75, 3.05) is 42.3 Å². The van der Waals surface area contributed by atoms with Crippen molar-refractivity contribution in [3.8, 4) is 0 Å². The largest absolute Gasteiger partial charge is 0.366 e. The van der Waals surface area contributed by atoms with Gasteiger partial charge in [0.15, 0.2) is 0 Å². The van der Waals surface area contributed by atoms with E-state index < -0.39 is 0 Å². The molecule has 1 aliphatic heterocycles. The Morgan fingerprint density at radius 2 is 1.42 bits per heavy atom. The molecule has 166 valence electrons. The van der Waals surface area contributed by atoms with E-state index in [9.17, 15) is 9.59 Å². The number of halogens is 2. The molecule has 2 aromatic rings. The normalized spacial score (nSPS) is 14.7. The minimum atomic E-state index is -0.277. The Morgan fingerprint density at radius 1 is 0.903 bits per heavy atom. The quantitative estimate of drug-likeness (QED) is 0.697. The van der Waals surface area contributed by atoms with Crippen LogP contribution in [0.15, 0.2) is 41.4 Å². The predicted octanol–water partition coefficient (Wildman–Crippen LogP) is 3.77. The first-order valence-electron chi connectivity index (χ1n) is 9.69. The monoisotopic (exact) mass is 462 g/mol. The van der Waals surface area contributed by atoms with Crippen molar-refractivity contribution in [2.24, 2.45) is 4.99 Å². The van der Waals surface area contributed by atoms with Gasteiger partial charge in [-0.05, 0) is 41.0 Å². The van der Waals surface area contributed by atoms with Gasteiger partial charge in [0, 0.05) is 53.7 Å². The average Bonchev–Trinajstić information content (AvgIpc) is 2.71. The van der Waals surface area contributed by atoms with Gasteiger partial charge >= 0.3 is 0 Å². The van der Waals surface area contributed by atoms with Gasteiger partial charge in [0.25, 0.3) is 11.8 Å². The lowest BCUT2D eigenvalue weighted by atomic mass is 9.86. The van der Waals surface area contributed by atoms with Crippen LogP contribution >= 0.6 is 24.0 Å². The van der Waals surface area contributed by atoms with E-state index in [-0.39, 0.29) is 30.3 Å². The van der Waals surface area contributed by atoms with Crippen LogP contribution in [0.3, 0.4) is 0 Å². The molecule has 2 amide bonds. The molecule has 0 aliphatic carbocycles. The van der Waals surface area contributed by atoms with Crippen molar-refractivity contribution in [1.82, 2.24) is 14.7 Å². The second-order valence-electron chi connectivity index (χ2n) is 8.07. The standard InChI is InChI=1S/C23H27ClN4O2.ClH/c1-26(2)20-12-15-11-18(22(29)27(3)4)19(23(30)28(5)6)13-17(15)21(25-20)14-7-9-16(24)10-8-14;/h7-11,13,21H,12H2,1-6H3;1H. The molecule has 1 heterocycles. The molecule has 0 bridgehead atoms. The number of hydrogen-bond donors (Lipinski definition) is 0. The highest BCUT2D eigenvalue weighted by Crippen LogP contribution is 2.36. The van der Waals surface area contributed by atoms with Gasteiger partial charge in [-0.2, -0.15) is 0 Å². The molecule has 0 radical (unpaired) electrons. The fourth-order valence-electron chi connectivity index (χ4n) is 3.51. The van der Waals surface area contributed by atoms with Crippen LogP contribution in [0.1, 0.15) is 43.4 Å². The van der Waals surface area contributed by atoms with Gasteiger partial charge in [-0.3, -0.25) is 14.6 Å². The summed E-state index contributed by atoms with van der Waals surface area (Å²) in [4.78, 5) is 35.7. The minimum absolute atomic E-state index is 0. The van der Waals surface area contributed by atoms with Crippen molar-refractivity contribution in [2.45, 2.75) is 12.5 Å². The molecule has 0 saturated carbocycles. The molecule has 1 unspecified atom stereocenters. The second-order valence-corrected chi connectivity index (χ2v) is 8.50. The molecule has 2 aromatic carbocycles. The smallest absolute Gasteiger partial charge is 0.254 e. The Kier molecular flexibility index (Phi) is 7.73. The highest BCUT2D eigenvalue weighted by Gasteiger charge is 2.29. The summed E-state index contributed by atoms with van der Waals surface area (Å²) in [6.45, 7) is 0. The maximum Gasteiger partial charge on any atom is 0.254 e. The summed E-state index contributed by atoms with van der Waals surface area (Å²) in [5.74, 6) is 0.512. The first-order valence-corrected chi connectivity index (χ1v) is 10.1. The number of hydrogen-bond acceptors (Lipinski definition) is 4. The van der Waals surface area contributed by atoms with Gasteiger partial charge in [-0.1, -0.05) is 23.7 Å². The van der Waals surface area contributed by atoms with Crippen molar-refractivity contribution in [3.05, 3.63) is 69.2 Å². The Hall–Kier alpha value is -2.57. The summed E-state index contributed by atoms with van der Waals surface area (Å²) < 4.78 is 0. The van der Waals surface area contributed by atoms with Crippen LogP contribution < -0.4 is 0 Å². The maximum absolute atomic E-state index is 12.9. The van der Waals surface area contributed by atoms with Gasteiger partial charge < -0.3 is 14.7 Å². The van der Waals surface area contributed by atoms with E-state index >= 15 is 0 Å². The molecule has 1 aliphatic rings. The summed E-state index contributed by atoms with van der Waals surface area (Å²) in [7, 11) is 10.7. The first-order chi connectivity index (χ1) is 14.1. The van der Waals surface area contributed by atoms with E-state index in [0.29, 0.717) is 22.6 Å². The molecular weight excluding hydrogens is 435 g/mol. The summed E-state index contributed by atoms with van der Waals surface area (Å²) in [6.07, 6.45) is 0.594. The van der Waals surface area contributed by atoms with Gasteiger partial charge in [0.05, 0.1) is 11.1 Å². The van der Waals surface area contributed by atoms with Crippen LogP contribution in [-0.4, -0.2) is 74.6 Å². The number of amides is 2. The fourth-order valence-corrected chi connectivity index (χ4v) is 3.64. The third kappa shape index (κ3) is 5.02. The number of carbonyl (C=O) groups is 2. The van der Waals surface area contributed by atoms with E-state index in [1.165, 1.54) is 9.80 Å². The minimum Gasteiger partial charge on any atom is -0.366 e. The van der Waals surface area contributed by atoms with Gasteiger partial charge in [0.1, 0.15) is 11.9 Å². The number of amidine groups is 1. The van der Waals surface area contributed by atoms with Crippen LogP contribution in [0.25, 0.3) is 0 Å². The highest BCUT2D eigenvalue weighted by molar-refractivity contribution is 6.30. The van der Waals surface area contributed by atoms with E-state index in [4.69, 9.17) is 16.6 Å². The van der Waals surface area contributed by atoms with E-state index in [2.05, 4.69) is 0 Å². The molecule has 0 saturated heterocycles. The third-order valence-electron chi connectivity index (χ3n) is 5.18. The summed E-state index contributed by atoms with van der Waals surface area (Å²) >= 11 is 6.08. The van der Waals surface area contributed by atoms with E-state index in [0.717, 1.165) is 22.5 Å². The molecular formula is C23H28Cl2N4O2. The van der Waals surface area contributed by atoms with Crippen LogP contribution in [0.5, 0.6) is 0 Å². The van der Waals surface area contributed by atoms with E-state index in [1.54, 1.807) is 28.2 Å². The zero-order chi connectivity index (χ0) is 22.2. The van der Waals surface area contributed by atoms with Crippen molar-refractivity contribution in [3.63, 3.8) is 0 Å². The zero-order valence-corrected chi connectivity index (χ0v) is 20.2. The molecule has 1 atom stereocenters. The number of nitrogens with zero attached hydrogens (tertiary/aromatic N) is 4. The maximum atomic E-state index is 12.9. The summed E-state index contributed by atoms with van der Waals surface area (Å²) in [5, 5.41) is 0.655. The fraction of sp³-hybridized carbons (Fsp3) is 0.348. The van der Waals surface area contributed by atoms with Crippen molar-refractivity contribution >= 4 is 41.7 Å². The summed E-state index contributed by atoms with van der Waals surface area (Å²) in [5.41, 5.74) is 3.71. The number of likely N-dealkylation sites (N-methyl/N-ethyl adjacent to an activating group) is 1. The molecule has 0 aromatic heterocycles. The molecule has 8 heteroatoms. The molecule has 31 heavy (non-hydrogen) atoms. The predicted molar refractivity (Wildman–Crippen MR) is 128 cm³/mol. The zero-order valence-electron chi connectivity index (χ0n) is 18.6. The lowest BCUT2D eigenvalue weighted by Crippen LogP contribution is -2.32. The molecule has 0 spiro atoms. The molecule has 0 N–H and O–H groups in total. The van der Waals surface area contributed by atoms with Gasteiger partial charge in [-0.15, -0.1) is 12.4 Å². The van der Waals surface area contributed by atoms with Crippen LogP contribution in [-0.2, 0) is 6.42 Å². The van der Waals surface area contributed by atoms with E-state index in [1.807, 2.05) is 55.4 Å². The topological polar surface area (TPSA) is 56.2 Å². The Labute approximate surface area is 194 Å². The molecule has 6 nitrogen and oxygen atoms in total. The Balaban J connectivity index is 0.00000341. The number of rotatable bonds is 3. The average molecular weight is 463 g/mol. The Bertz CT molecular complexity index is 1010. The SMILES string of the molecule is CN(C)C(=O)c1cc2c(cc1C(=O)N(C)C)C(c1ccc(Cl)cc1)N=C(N(C)C)C2.Cl. The van der Waals surface area contributed by atoms with Crippen LogP contribution in [0.2, 0.25) is 5.02 Å². The summed E-state index contributed by atoms with van der Waals surface area (Å²) in [6, 6.07) is 11.0. The van der Waals surface area contributed by atoms with Crippen LogP contribution in [0.4, 0.5) is 0 Å². The van der Waals surface area contributed by atoms with Crippen molar-refractivity contribution < 1.29 is 9.59 Å². The number of benzene rings is 2. The van der Waals surface area contributed by atoms with Gasteiger partial charge in [-0.25, -0.2) is 0 Å². The first kappa shape index (κ1) is 24.7. The number of aliphatic imine (C=N–C) groups is 1.